The molecule has 1 aliphatic heterocycles. The Kier molecular flexibility index (Phi) is 6.85. The van der Waals surface area contributed by atoms with Gasteiger partial charge in [0.2, 0.25) is 0 Å². The molecule has 0 bridgehead atoms. The van der Waals surface area contributed by atoms with Crippen molar-refractivity contribution in [1.82, 2.24) is 15.6 Å². The Balaban J connectivity index is 1.98. The van der Waals surface area contributed by atoms with E-state index in [0.29, 0.717) is 13.1 Å². The van der Waals surface area contributed by atoms with Gasteiger partial charge in [0, 0.05) is 39.5 Å². The van der Waals surface area contributed by atoms with Gasteiger partial charge in [0.25, 0.3) is 0 Å². The summed E-state index contributed by atoms with van der Waals surface area (Å²) in [6.07, 6.45) is 4.40. The monoisotopic (exact) mass is 333 g/mol. The highest BCUT2D eigenvalue weighted by atomic mass is 16.5. The lowest BCUT2D eigenvalue weighted by Gasteiger charge is -2.24. The molecule has 0 unspecified atom stereocenters. The Morgan fingerprint density at radius 3 is 2.75 bits per heavy atom. The molecular formula is C18H31N5O. The lowest BCUT2D eigenvalue weighted by molar-refractivity contribution is 0.0268. The molecule has 0 spiro atoms. The number of hydrogen-bond acceptors (Lipinski definition) is 4. The largest absolute Gasteiger partial charge is 0.377 e. The molecule has 2 heterocycles. The first-order valence-electron chi connectivity index (χ1n) is 8.81. The molecule has 2 rings (SSSR count). The third kappa shape index (κ3) is 5.67. The third-order valence-electron chi connectivity index (χ3n) is 4.24. The van der Waals surface area contributed by atoms with Crippen molar-refractivity contribution in [2.75, 3.05) is 38.2 Å². The van der Waals surface area contributed by atoms with Crippen LogP contribution in [0.3, 0.4) is 0 Å². The number of aliphatic imine (C=N–C) groups is 1. The molecule has 1 aliphatic rings. The summed E-state index contributed by atoms with van der Waals surface area (Å²) < 4.78 is 5.44. The van der Waals surface area contributed by atoms with E-state index in [0.717, 1.165) is 31.4 Å². The predicted molar refractivity (Wildman–Crippen MR) is 99.6 cm³/mol. The minimum Gasteiger partial charge on any atom is -0.377 e. The number of guanidine groups is 1. The number of ether oxygens (including phenoxy) is 1. The summed E-state index contributed by atoms with van der Waals surface area (Å²) in [6.45, 7) is 10.5. The molecule has 6 heteroatoms. The molecular weight excluding hydrogens is 302 g/mol. The number of methoxy groups -OCH3 is 1. The van der Waals surface area contributed by atoms with E-state index in [1.807, 2.05) is 12.3 Å². The van der Waals surface area contributed by atoms with Crippen LogP contribution in [0.15, 0.2) is 23.3 Å². The highest BCUT2D eigenvalue weighted by molar-refractivity contribution is 5.79. The molecule has 0 aliphatic carbocycles. The maximum atomic E-state index is 5.44. The van der Waals surface area contributed by atoms with Gasteiger partial charge in [0.05, 0.1) is 12.1 Å². The topological polar surface area (TPSA) is 61.8 Å². The van der Waals surface area contributed by atoms with Crippen molar-refractivity contribution < 1.29 is 4.74 Å². The summed E-state index contributed by atoms with van der Waals surface area (Å²) >= 11 is 0. The molecule has 1 aromatic heterocycles. The van der Waals surface area contributed by atoms with Crippen molar-refractivity contribution in [3.05, 3.63) is 23.9 Å². The van der Waals surface area contributed by atoms with E-state index in [4.69, 9.17) is 4.74 Å². The lowest BCUT2D eigenvalue weighted by Crippen LogP contribution is -2.45. The summed E-state index contributed by atoms with van der Waals surface area (Å²) in [6, 6.07) is 4.18. The first-order chi connectivity index (χ1) is 11.5. The van der Waals surface area contributed by atoms with E-state index < -0.39 is 0 Å². The fraction of sp³-hybridized carbons (Fsp3) is 0.667. The van der Waals surface area contributed by atoms with Crippen molar-refractivity contribution in [3.63, 3.8) is 0 Å². The quantitative estimate of drug-likeness (QED) is 0.591. The van der Waals surface area contributed by atoms with Crippen molar-refractivity contribution in [1.29, 1.82) is 0 Å². The molecule has 0 atom stereocenters. The van der Waals surface area contributed by atoms with Gasteiger partial charge in [0.1, 0.15) is 5.82 Å². The fourth-order valence-electron chi connectivity index (χ4n) is 2.56. The van der Waals surface area contributed by atoms with E-state index in [-0.39, 0.29) is 5.60 Å². The maximum absolute atomic E-state index is 5.44. The van der Waals surface area contributed by atoms with Crippen LogP contribution in [0.1, 0.15) is 39.2 Å². The van der Waals surface area contributed by atoms with Crippen molar-refractivity contribution in [2.24, 2.45) is 4.99 Å². The Bertz CT molecular complexity index is 538. The van der Waals surface area contributed by atoms with Gasteiger partial charge in [-0.25, -0.2) is 9.98 Å². The Labute approximate surface area is 145 Å². The minimum atomic E-state index is -0.226. The summed E-state index contributed by atoms with van der Waals surface area (Å²) in [5, 5.41) is 6.62. The summed E-state index contributed by atoms with van der Waals surface area (Å²) in [7, 11) is 1.72. The first-order valence-corrected chi connectivity index (χ1v) is 8.81. The minimum absolute atomic E-state index is 0.226. The number of nitrogens with zero attached hydrogens (tertiary/aromatic N) is 3. The Morgan fingerprint density at radius 2 is 2.08 bits per heavy atom. The molecule has 0 amide bonds. The number of anilines is 1. The molecule has 0 saturated carbocycles. The zero-order chi connectivity index (χ0) is 17.4. The third-order valence-corrected chi connectivity index (χ3v) is 4.24. The average molecular weight is 333 g/mol. The van der Waals surface area contributed by atoms with Crippen LogP contribution in [0.2, 0.25) is 0 Å². The number of rotatable bonds is 7. The number of pyridine rings is 1. The molecule has 1 saturated heterocycles. The maximum Gasteiger partial charge on any atom is 0.191 e. The lowest BCUT2D eigenvalue weighted by atomic mass is 10.1. The normalized spacial score (nSPS) is 15.7. The zero-order valence-electron chi connectivity index (χ0n) is 15.4. The molecule has 1 aromatic rings. The standard InChI is InChI=1S/C18H31N5O/c1-5-19-17(22-14-18(2,3)24-4)21-13-15-8-9-20-16(12-15)23-10-6-7-11-23/h8-9,12H,5-7,10-11,13-14H2,1-4H3,(H2,19,21,22). The molecule has 1 fully saturated rings. The summed E-state index contributed by atoms with van der Waals surface area (Å²) in [5.41, 5.74) is 0.950. The second kappa shape index (κ2) is 8.87. The molecule has 24 heavy (non-hydrogen) atoms. The molecule has 6 nitrogen and oxygen atoms in total. The van der Waals surface area contributed by atoms with Crippen LogP contribution in [-0.4, -0.2) is 49.8 Å². The van der Waals surface area contributed by atoms with Gasteiger partial charge >= 0.3 is 0 Å². The van der Waals surface area contributed by atoms with E-state index >= 15 is 0 Å². The first kappa shape index (κ1) is 18.5. The van der Waals surface area contributed by atoms with E-state index in [9.17, 15) is 0 Å². The SMILES string of the molecule is CCNC(=NCc1ccnc(N2CCCC2)c1)NCC(C)(C)OC. The second-order valence-corrected chi connectivity index (χ2v) is 6.73. The number of hydrogen-bond donors (Lipinski definition) is 2. The molecule has 2 N–H and O–H groups in total. The number of aromatic nitrogens is 1. The van der Waals surface area contributed by atoms with Crippen LogP contribution in [0, 0.1) is 0 Å². The van der Waals surface area contributed by atoms with Gasteiger partial charge in [-0.05, 0) is 51.3 Å². The smallest absolute Gasteiger partial charge is 0.191 e. The Hall–Kier alpha value is -1.82. The zero-order valence-corrected chi connectivity index (χ0v) is 15.4. The van der Waals surface area contributed by atoms with Crippen molar-refractivity contribution in [2.45, 2.75) is 45.8 Å². The van der Waals surface area contributed by atoms with Crippen molar-refractivity contribution in [3.8, 4) is 0 Å². The van der Waals surface area contributed by atoms with Gasteiger partial charge in [-0.3, -0.25) is 0 Å². The highest BCUT2D eigenvalue weighted by Gasteiger charge is 2.16. The van der Waals surface area contributed by atoms with Gasteiger partial charge in [-0.2, -0.15) is 0 Å². The second-order valence-electron chi connectivity index (χ2n) is 6.73. The molecule has 0 aromatic carbocycles. The van der Waals surface area contributed by atoms with Crippen LogP contribution in [0.5, 0.6) is 0 Å². The van der Waals surface area contributed by atoms with Crippen LogP contribution in [0.25, 0.3) is 0 Å². The molecule has 134 valence electrons. The van der Waals surface area contributed by atoms with Crippen LogP contribution >= 0.6 is 0 Å². The van der Waals surface area contributed by atoms with Crippen molar-refractivity contribution >= 4 is 11.8 Å². The van der Waals surface area contributed by atoms with Gasteiger partial charge < -0.3 is 20.3 Å². The van der Waals surface area contributed by atoms with Gasteiger partial charge in [-0.1, -0.05) is 0 Å². The summed E-state index contributed by atoms with van der Waals surface area (Å²) in [4.78, 5) is 11.5. The fourth-order valence-corrected chi connectivity index (χ4v) is 2.56. The van der Waals surface area contributed by atoms with E-state index in [1.165, 1.54) is 18.4 Å². The Morgan fingerprint density at radius 1 is 1.33 bits per heavy atom. The van der Waals surface area contributed by atoms with Crippen LogP contribution in [0.4, 0.5) is 5.82 Å². The van der Waals surface area contributed by atoms with Crippen LogP contribution in [-0.2, 0) is 11.3 Å². The van der Waals surface area contributed by atoms with Gasteiger partial charge in [0.15, 0.2) is 5.96 Å². The highest BCUT2D eigenvalue weighted by Crippen LogP contribution is 2.18. The number of nitrogens with one attached hydrogen (secondary N) is 2. The summed E-state index contributed by atoms with van der Waals surface area (Å²) in [5.74, 6) is 1.88. The predicted octanol–water partition coefficient (Wildman–Crippen LogP) is 2.16. The van der Waals surface area contributed by atoms with Crippen LogP contribution < -0.4 is 15.5 Å². The van der Waals surface area contributed by atoms with E-state index in [1.54, 1.807) is 7.11 Å². The average Bonchev–Trinajstić information content (AvgIpc) is 3.12. The van der Waals surface area contributed by atoms with Gasteiger partial charge in [-0.15, -0.1) is 0 Å². The molecule has 0 radical (unpaired) electrons. The van der Waals surface area contributed by atoms with E-state index in [2.05, 4.69) is 52.3 Å².